The van der Waals surface area contributed by atoms with Gasteiger partial charge >= 0.3 is 0 Å². The number of carbonyl (C=O) groups excluding carboxylic acids is 1. The van der Waals surface area contributed by atoms with Crippen LogP contribution >= 0.6 is 11.6 Å². The summed E-state index contributed by atoms with van der Waals surface area (Å²) in [6.45, 7) is 1.89. The monoisotopic (exact) mass is 398 g/mol. The van der Waals surface area contributed by atoms with Crippen molar-refractivity contribution in [2.45, 2.75) is 18.8 Å². The first-order chi connectivity index (χ1) is 13.7. The molecule has 1 N–H and O–H groups in total. The zero-order chi connectivity index (χ0) is 19.3. The van der Waals surface area contributed by atoms with Crippen molar-refractivity contribution in [2.24, 2.45) is 0 Å². The van der Waals surface area contributed by atoms with Crippen LogP contribution in [0.2, 0.25) is 5.02 Å². The van der Waals surface area contributed by atoms with Gasteiger partial charge in [0, 0.05) is 18.3 Å². The molecule has 3 aromatic rings. The van der Waals surface area contributed by atoms with Gasteiger partial charge in [0.05, 0.1) is 11.6 Å². The molecule has 0 spiro atoms. The minimum absolute atomic E-state index is 0.0940. The molecule has 0 aromatic carbocycles. The molecule has 9 heteroatoms. The summed E-state index contributed by atoms with van der Waals surface area (Å²) >= 11 is 5.80. The number of likely N-dealkylation sites (tertiary alicyclic amines) is 1. The van der Waals surface area contributed by atoms with E-state index in [2.05, 4.69) is 30.3 Å². The van der Waals surface area contributed by atoms with Crippen LogP contribution < -0.4 is 5.32 Å². The molecule has 1 saturated heterocycles. The van der Waals surface area contributed by atoms with Crippen molar-refractivity contribution in [1.82, 2.24) is 25.0 Å². The van der Waals surface area contributed by atoms with Gasteiger partial charge in [-0.25, -0.2) is 4.98 Å². The van der Waals surface area contributed by atoms with Gasteiger partial charge in [-0.2, -0.15) is 4.98 Å². The Bertz CT molecular complexity index is 923. The van der Waals surface area contributed by atoms with Crippen LogP contribution in [0.4, 0.5) is 5.82 Å². The highest BCUT2D eigenvalue weighted by Crippen LogP contribution is 2.28. The predicted octanol–water partition coefficient (Wildman–Crippen LogP) is 3.00. The first-order valence-corrected chi connectivity index (χ1v) is 9.44. The minimum Gasteiger partial charge on any atom is -0.339 e. The molecule has 4 rings (SSSR count). The van der Waals surface area contributed by atoms with Crippen LogP contribution in [-0.4, -0.2) is 50.5 Å². The Morgan fingerprint density at radius 3 is 2.79 bits per heavy atom. The van der Waals surface area contributed by atoms with Gasteiger partial charge in [-0.05, 0) is 50.2 Å². The minimum atomic E-state index is -0.0940. The van der Waals surface area contributed by atoms with E-state index < -0.39 is 0 Å². The third-order valence-corrected chi connectivity index (χ3v) is 4.86. The number of rotatable bonds is 5. The molecule has 0 aliphatic carbocycles. The van der Waals surface area contributed by atoms with E-state index in [-0.39, 0.29) is 11.8 Å². The van der Waals surface area contributed by atoms with Crippen LogP contribution in [0.3, 0.4) is 0 Å². The number of hydrogen-bond donors (Lipinski definition) is 1. The summed E-state index contributed by atoms with van der Waals surface area (Å²) in [7, 11) is 0. The van der Waals surface area contributed by atoms with Crippen LogP contribution in [0.5, 0.6) is 0 Å². The smallest absolute Gasteiger partial charge is 0.239 e. The highest BCUT2D eigenvalue weighted by atomic mass is 35.5. The quantitative estimate of drug-likeness (QED) is 0.705. The number of aromatic nitrogens is 4. The number of nitrogens with zero attached hydrogens (tertiary/aromatic N) is 5. The maximum Gasteiger partial charge on any atom is 0.239 e. The second-order valence-electron chi connectivity index (χ2n) is 6.63. The topological polar surface area (TPSA) is 97.0 Å². The Labute approximate surface area is 166 Å². The standard InChI is InChI=1S/C19H19ClN6O2/c20-14-4-5-16(22-11-14)23-17(27)12-26-9-6-13(7-10-26)19-24-18(25-28-19)15-3-1-2-8-21-15/h1-5,8,11,13H,6-7,9-10,12H2,(H,22,23,27). The Morgan fingerprint density at radius 2 is 2.07 bits per heavy atom. The summed E-state index contributed by atoms with van der Waals surface area (Å²) in [5, 5.41) is 7.36. The van der Waals surface area contributed by atoms with Crippen LogP contribution in [0, 0.1) is 0 Å². The zero-order valence-corrected chi connectivity index (χ0v) is 15.8. The average molecular weight is 399 g/mol. The lowest BCUT2D eigenvalue weighted by molar-refractivity contribution is -0.117. The maximum atomic E-state index is 12.2. The van der Waals surface area contributed by atoms with E-state index in [1.54, 1.807) is 18.3 Å². The van der Waals surface area contributed by atoms with Gasteiger partial charge < -0.3 is 9.84 Å². The van der Waals surface area contributed by atoms with Gasteiger partial charge in [0.2, 0.25) is 17.6 Å². The summed E-state index contributed by atoms with van der Waals surface area (Å²) in [5.74, 6) is 1.74. The zero-order valence-electron chi connectivity index (χ0n) is 15.1. The highest BCUT2D eigenvalue weighted by molar-refractivity contribution is 6.30. The van der Waals surface area contributed by atoms with Gasteiger partial charge in [0.1, 0.15) is 11.5 Å². The molecule has 0 unspecified atom stereocenters. The van der Waals surface area contributed by atoms with Crippen molar-refractivity contribution >= 4 is 23.3 Å². The van der Waals surface area contributed by atoms with Crippen LogP contribution in [0.25, 0.3) is 11.5 Å². The fourth-order valence-corrected chi connectivity index (χ4v) is 3.29. The third kappa shape index (κ3) is 4.52. The SMILES string of the molecule is O=C(CN1CCC(c2nc(-c3ccccn3)no2)CC1)Nc1ccc(Cl)cn1. The Kier molecular flexibility index (Phi) is 5.59. The van der Waals surface area contributed by atoms with Crippen molar-refractivity contribution in [3.05, 3.63) is 53.6 Å². The highest BCUT2D eigenvalue weighted by Gasteiger charge is 2.26. The average Bonchev–Trinajstić information content (AvgIpc) is 3.21. The van der Waals surface area contributed by atoms with E-state index >= 15 is 0 Å². The molecule has 0 atom stereocenters. The molecule has 1 aliphatic heterocycles. The molecule has 0 bridgehead atoms. The Hall–Kier alpha value is -2.84. The summed E-state index contributed by atoms with van der Waals surface area (Å²) in [4.78, 5) is 27.1. The summed E-state index contributed by atoms with van der Waals surface area (Å²) < 4.78 is 5.45. The Balaban J connectivity index is 1.28. The van der Waals surface area contributed by atoms with E-state index in [4.69, 9.17) is 16.1 Å². The van der Waals surface area contributed by atoms with Gasteiger partial charge in [-0.1, -0.05) is 22.8 Å². The predicted molar refractivity (Wildman–Crippen MR) is 104 cm³/mol. The number of hydrogen-bond acceptors (Lipinski definition) is 7. The molecule has 0 saturated carbocycles. The normalized spacial score (nSPS) is 15.5. The molecule has 28 heavy (non-hydrogen) atoms. The number of piperidine rings is 1. The van der Waals surface area contributed by atoms with Crippen LogP contribution in [0.1, 0.15) is 24.7 Å². The fraction of sp³-hybridized carbons (Fsp3) is 0.316. The lowest BCUT2D eigenvalue weighted by Gasteiger charge is -2.29. The summed E-state index contributed by atoms with van der Waals surface area (Å²) in [5.41, 5.74) is 0.697. The number of anilines is 1. The van der Waals surface area contributed by atoms with E-state index in [0.717, 1.165) is 25.9 Å². The number of pyridine rings is 2. The number of halogens is 1. The number of carbonyl (C=O) groups is 1. The summed E-state index contributed by atoms with van der Waals surface area (Å²) in [6, 6.07) is 8.96. The first-order valence-electron chi connectivity index (χ1n) is 9.06. The maximum absolute atomic E-state index is 12.2. The van der Waals surface area contributed by atoms with Crippen LogP contribution in [0.15, 0.2) is 47.2 Å². The van der Waals surface area contributed by atoms with Crippen molar-refractivity contribution in [3.8, 4) is 11.5 Å². The lowest BCUT2D eigenvalue weighted by atomic mass is 9.97. The molecule has 1 fully saturated rings. The summed E-state index contributed by atoms with van der Waals surface area (Å²) in [6.07, 6.45) is 4.92. The number of nitrogens with one attached hydrogen (secondary N) is 1. The lowest BCUT2D eigenvalue weighted by Crippen LogP contribution is -2.38. The van der Waals surface area contributed by atoms with Crippen molar-refractivity contribution < 1.29 is 9.32 Å². The molecular weight excluding hydrogens is 380 g/mol. The van der Waals surface area contributed by atoms with Gasteiger partial charge in [0.15, 0.2) is 0 Å². The van der Waals surface area contributed by atoms with Gasteiger partial charge in [-0.15, -0.1) is 0 Å². The third-order valence-electron chi connectivity index (χ3n) is 4.63. The molecule has 8 nitrogen and oxygen atoms in total. The van der Waals surface area contributed by atoms with Crippen molar-refractivity contribution in [1.29, 1.82) is 0 Å². The van der Waals surface area contributed by atoms with Crippen molar-refractivity contribution in [3.63, 3.8) is 0 Å². The van der Waals surface area contributed by atoms with E-state index in [1.807, 2.05) is 18.2 Å². The number of amides is 1. The van der Waals surface area contributed by atoms with E-state index in [9.17, 15) is 4.79 Å². The molecule has 0 radical (unpaired) electrons. The van der Waals surface area contributed by atoms with Gasteiger partial charge in [0.25, 0.3) is 0 Å². The largest absolute Gasteiger partial charge is 0.339 e. The van der Waals surface area contributed by atoms with Gasteiger partial charge in [-0.3, -0.25) is 14.7 Å². The van der Waals surface area contributed by atoms with Crippen LogP contribution in [-0.2, 0) is 4.79 Å². The Morgan fingerprint density at radius 1 is 1.21 bits per heavy atom. The molecule has 4 heterocycles. The first kappa shape index (κ1) is 18.5. The van der Waals surface area contributed by atoms with E-state index in [0.29, 0.717) is 34.8 Å². The molecule has 3 aromatic heterocycles. The van der Waals surface area contributed by atoms with Crippen molar-refractivity contribution in [2.75, 3.05) is 25.0 Å². The molecule has 144 valence electrons. The molecule has 1 amide bonds. The molecular formula is C19H19ClN6O2. The second-order valence-corrected chi connectivity index (χ2v) is 7.07. The van der Waals surface area contributed by atoms with E-state index in [1.165, 1.54) is 6.20 Å². The molecule has 1 aliphatic rings. The second kappa shape index (κ2) is 8.45. The fourth-order valence-electron chi connectivity index (χ4n) is 3.17.